The molecule has 0 aliphatic heterocycles. The van der Waals surface area contributed by atoms with Crippen LogP contribution in [0.4, 0.5) is 0 Å². The SMILES string of the molecule is COc1ccccc1-c1nnc2sc(C(=O)O)nn12. The Hall–Kier alpha value is -2.48. The fraction of sp³-hybridized carbons (Fsp3) is 0.0909. The summed E-state index contributed by atoms with van der Waals surface area (Å²) in [5, 5.41) is 20.8. The minimum atomic E-state index is -1.08. The number of carboxylic acid groups (broad SMARTS) is 1. The maximum absolute atomic E-state index is 10.9. The molecule has 0 saturated heterocycles. The standard InChI is InChI=1S/C11H8N4O3S/c1-18-7-5-3-2-4-6(7)8-12-13-11-15(8)14-9(19-11)10(16)17/h2-5H,1H3,(H,16,17). The smallest absolute Gasteiger partial charge is 0.367 e. The lowest BCUT2D eigenvalue weighted by Gasteiger charge is -2.04. The lowest BCUT2D eigenvalue weighted by Crippen LogP contribution is -1.99. The van der Waals surface area contributed by atoms with E-state index in [-0.39, 0.29) is 5.01 Å². The highest BCUT2D eigenvalue weighted by Crippen LogP contribution is 2.29. The number of hydrogen-bond donors (Lipinski definition) is 1. The highest BCUT2D eigenvalue weighted by Gasteiger charge is 2.18. The van der Waals surface area contributed by atoms with E-state index in [4.69, 9.17) is 9.84 Å². The number of hydrogen-bond acceptors (Lipinski definition) is 6. The van der Waals surface area contributed by atoms with E-state index in [0.717, 1.165) is 11.3 Å². The summed E-state index contributed by atoms with van der Waals surface area (Å²) in [7, 11) is 1.56. The Balaban J connectivity index is 2.22. The van der Waals surface area contributed by atoms with E-state index >= 15 is 0 Å². The van der Waals surface area contributed by atoms with Gasteiger partial charge in [0, 0.05) is 0 Å². The fourth-order valence-corrected chi connectivity index (χ4v) is 2.38. The van der Waals surface area contributed by atoms with Crippen LogP contribution < -0.4 is 4.74 Å². The van der Waals surface area contributed by atoms with Crippen molar-refractivity contribution < 1.29 is 14.6 Å². The van der Waals surface area contributed by atoms with Gasteiger partial charge in [-0.1, -0.05) is 23.5 Å². The molecule has 0 aliphatic carbocycles. The van der Waals surface area contributed by atoms with E-state index < -0.39 is 5.97 Å². The average molecular weight is 276 g/mol. The van der Waals surface area contributed by atoms with E-state index in [1.165, 1.54) is 4.52 Å². The van der Waals surface area contributed by atoms with Gasteiger partial charge in [-0.2, -0.15) is 4.52 Å². The van der Waals surface area contributed by atoms with Crippen LogP contribution in [-0.2, 0) is 0 Å². The van der Waals surface area contributed by atoms with Crippen LogP contribution in [0, 0.1) is 0 Å². The van der Waals surface area contributed by atoms with E-state index in [0.29, 0.717) is 22.1 Å². The molecule has 0 unspecified atom stereocenters. The number of carboxylic acids is 1. The normalized spacial score (nSPS) is 10.8. The lowest BCUT2D eigenvalue weighted by atomic mass is 10.2. The van der Waals surface area contributed by atoms with Crippen molar-refractivity contribution in [3.05, 3.63) is 29.3 Å². The van der Waals surface area contributed by atoms with Crippen molar-refractivity contribution in [3.8, 4) is 17.1 Å². The van der Waals surface area contributed by atoms with Crippen molar-refractivity contribution >= 4 is 22.3 Å². The van der Waals surface area contributed by atoms with E-state index in [2.05, 4.69) is 15.3 Å². The zero-order valence-corrected chi connectivity index (χ0v) is 10.6. The van der Waals surface area contributed by atoms with E-state index in [9.17, 15) is 4.79 Å². The van der Waals surface area contributed by atoms with Gasteiger partial charge in [0.05, 0.1) is 12.7 Å². The first-order chi connectivity index (χ1) is 9.20. The van der Waals surface area contributed by atoms with E-state index in [1.54, 1.807) is 13.2 Å². The van der Waals surface area contributed by atoms with Crippen molar-refractivity contribution in [2.24, 2.45) is 0 Å². The molecule has 0 atom stereocenters. The molecule has 0 aliphatic rings. The van der Waals surface area contributed by atoms with Crippen LogP contribution in [-0.4, -0.2) is 38.0 Å². The van der Waals surface area contributed by atoms with Crippen molar-refractivity contribution in [1.29, 1.82) is 0 Å². The molecule has 1 aromatic carbocycles. The first-order valence-electron chi connectivity index (χ1n) is 5.29. The van der Waals surface area contributed by atoms with Crippen LogP contribution in [0.2, 0.25) is 0 Å². The Bertz CT molecular complexity index is 764. The molecule has 3 rings (SSSR count). The van der Waals surface area contributed by atoms with Crippen molar-refractivity contribution in [2.75, 3.05) is 7.11 Å². The Kier molecular flexibility index (Phi) is 2.64. The van der Waals surface area contributed by atoms with Gasteiger partial charge in [-0.25, -0.2) is 4.79 Å². The predicted octanol–water partition coefficient (Wildman–Crippen LogP) is 1.56. The number of aromatic nitrogens is 4. The molecule has 0 saturated carbocycles. The van der Waals surface area contributed by atoms with Crippen molar-refractivity contribution in [1.82, 2.24) is 19.8 Å². The summed E-state index contributed by atoms with van der Waals surface area (Å²) in [4.78, 5) is 11.3. The van der Waals surface area contributed by atoms with Crippen LogP contribution >= 0.6 is 11.3 Å². The third kappa shape index (κ3) is 1.82. The maximum Gasteiger partial charge on any atom is 0.367 e. The predicted molar refractivity (Wildman–Crippen MR) is 67.6 cm³/mol. The Morgan fingerprint density at radius 3 is 2.89 bits per heavy atom. The fourth-order valence-electron chi connectivity index (χ4n) is 1.70. The first-order valence-corrected chi connectivity index (χ1v) is 6.11. The first kappa shape index (κ1) is 11.6. The van der Waals surface area contributed by atoms with Gasteiger partial charge in [0.25, 0.3) is 0 Å². The summed E-state index contributed by atoms with van der Waals surface area (Å²) in [5.41, 5.74) is 0.708. The van der Waals surface area contributed by atoms with Crippen LogP contribution in [0.15, 0.2) is 24.3 Å². The molecule has 0 fully saturated rings. The molecule has 2 heterocycles. The third-order valence-corrected chi connectivity index (χ3v) is 3.41. The molecule has 8 heteroatoms. The minimum Gasteiger partial charge on any atom is -0.496 e. The molecule has 0 spiro atoms. The van der Waals surface area contributed by atoms with Gasteiger partial charge in [0.15, 0.2) is 5.82 Å². The van der Waals surface area contributed by atoms with Crippen LogP contribution in [0.25, 0.3) is 16.3 Å². The number of nitrogens with zero attached hydrogens (tertiary/aromatic N) is 4. The summed E-state index contributed by atoms with van der Waals surface area (Å²) in [5.74, 6) is -0.000600. The second-order valence-electron chi connectivity index (χ2n) is 3.63. The Morgan fingerprint density at radius 1 is 1.37 bits per heavy atom. The topological polar surface area (TPSA) is 89.6 Å². The number of aromatic carboxylic acids is 1. The molecule has 3 aromatic rings. The zero-order chi connectivity index (χ0) is 13.4. The monoisotopic (exact) mass is 276 g/mol. The van der Waals surface area contributed by atoms with Crippen molar-refractivity contribution in [3.63, 3.8) is 0 Å². The number of fused-ring (bicyclic) bond motifs is 1. The number of benzene rings is 1. The molecule has 19 heavy (non-hydrogen) atoms. The summed E-state index contributed by atoms with van der Waals surface area (Å²) in [6.45, 7) is 0. The molecule has 96 valence electrons. The highest BCUT2D eigenvalue weighted by atomic mass is 32.1. The highest BCUT2D eigenvalue weighted by molar-refractivity contribution is 7.18. The quantitative estimate of drug-likeness (QED) is 0.780. The summed E-state index contributed by atoms with van der Waals surface area (Å²) >= 11 is 0.972. The molecule has 0 amide bonds. The molecule has 0 bridgehead atoms. The summed E-state index contributed by atoms with van der Waals surface area (Å²) in [6, 6.07) is 7.28. The van der Waals surface area contributed by atoms with Gasteiger partial charge in [0.2, 0.25) is 9.97 Å². The Labute approximate surface area is 111 Å². The number of carbonyl (C=O) groups is 1. The molecule has 1 N–H and O–H groups in total. The average Bonchev–Trinajstić information content (AvgIpc) is 2.98. The van der Waals surface area contributed by atoms with Crippen molar-refractivity contribution in [2.45, 2.75) is 0 Å². The van der Waals surface area contributed by atoms with Gasteiger partial charge in [-0.15, -0.1) is 15.3 Å². The van der Waals surface area contributed by atoms with Gasteiger partial charge in [-0.05, 0) is 12.1 Å². The summed E-state index contributed by atoms with van der Waals surface area (Å²) < 4.78 is 6.66. The molecule has 0 radical (unpaired) electrons. The van der Waals surface area contributed by atoms with Gasteiger partial charge in [0.1, 0.15) is 5.75 Å². The number of ether oxygens (including phenoxy) is 1. The molecular weight excluding hydrogens is 268 g/mol. The number of methoxy groups -OCH3 is 1. The third-order valence-electron chi connectivity index (χ3n) is 2.52. The van der Waals surface area contributed by atoms with Gasteiger partial charge >= 0.3 is 5.97 Å². The molecular formula is C11H8N4O3S. The van der Waals surface area contributed by atoms with E-state index in [1.807, 2.05) is 18.2 Å². The van der Waals surface area contributed by atoms with Crippen LogP contribution in [0.1, 0.15) is 9.80 Å². The number of para-hydroxylation sites is 1. The molecule has 2 aromatic heterocycles. The van der Waals surface area contributed by atoms with Gasteiger partial charge < -0.3 is 9.84 Å². The summed E-state index contributed by atoms with van der Waals surface area (Å²) in [6.07, 6.45) is 0. The zero-order valence-electron chi connectivity index (χ0n) is 9.77. The largest absolute Gasteiger partial charge is 0.496 e. The minimum absolute atomic E-state index is 0.0268. The number of rotatable bonds is 3. The lowest BCUT2D eigenvalue weighted by molar-refractivity contribution is 0.0695. The maximum atomic E-state index is 10.9. The second-order valence-corrected chi connectivity index (χ2v) is 4.59. The molecule has 7 nitrogen and oxygen atoms in total. The van der Waals surface area contributed by atoms with Gasteiger partial charge in [-0.3, -0.25) is 0 Å². The van der Waals surface area contributed by atoms with Crippen LogP contribution in [0.3, 0.4) is 0 Å². The second kappa shape index (κ2) is 4.32. The van der Waals surface area contributed by atoms with Crippen LogP contribution in [0.5, 0.6) is 5.75 Å². The Morgan fingerprint density at radius 2 is 2.16 bits per heavy atom.